The van der Waals surface area contributed by atoms with Gasteiger partial charge in [-0.25, -0.2) is 0 Å². The molecule has 0 saturated heterocycles. The van der Waals surface area contributed by atoms with Crippen LogP contribution in [0.2, 0.25) is 0 Å². The fourth-order valence-corrected chi connectivity index (χ4v) is 1.22. The smallest absolute Gasteiger partial charge is 0.120 e. The number of benzene rings is 1. The minimum atomic E-state index is -0.906. The molecule has 0 amide bonds. The third kappa shape index (κ3) is 2.12. The maximum Gasteiger partial charge on any atom is 0.120 e. The predicted molar refractivity (Wildman–Crippen MR) is 52.7 cm³/mol. The van der Waals surface area contributed by atoms with Crippen molar-refractivity contribution in [3.63, 3.8) is 0 Å². The van der Waals surface area contributed by atoms with Gasteiger partial charge in [0.05, 0.1) is 12.7 Å². The van der Waals surface area contributed by atoms with Crippen LogP contribution >= 0.6 is 0 Å². The number of aliphatic hydroxyl groups is 1. The van der Waals surface area contributed by atoms with Crippen molar-refractivity contribution in [1.82, 2.24) is 0 Å². The fourth-order valence-electron chi connectivity index (χ4n) is 1.22. The number of hydrogen-bond donors (Lipinski definition) is 2. The van der Waals surface area contributed by atoms with E-state index in [4.69, 9.17) is 10.5 Å². The summed E-state index contributed by atoms with van der Waals surface area (Å²) in [6, 6.07) is 5.26. The Labute approximate surface area is 78.1 Å². The van der Waals surface area contributed by atoms with Gasteiger partial charge in [-0.2, -0.15) is 0 Å². The van der Waals surface area contributed by atoms with Crippen molar-refractivity contribution in [2.45, 2.75) is 19.4 Å². The molecule has 3 heteroatoms. The van der Waals surface area contributed by atoms with Crippen LogP contribution in [0.15, 0.2) is 18.2 Å². The van der Waals surface area contributed by atoms with Crippen LogP contribution in [0, 0.1) is 0 Å². The Balaban J connectivity index is 3.13. The van der Waals surface area contributed by atoms with Crippen molar-refractivity contribution in [2.75, 3.05) is 12.8 Å². The van der Waals surface area contributed by atoms with Crippen molar-refractivity contribution < 1.29 is 9.84 Å². The highest BCUT2D eigenvalue weighted by Gasteiger charge is 2.18. The quantitative estimate of drug-likeness (QED) is 0.680. The van der Waals surface area contributed by atoms with Crippen molar-refractivity contribution in [1.29, 1.82) is 0 Å². The lowest BCUT2D eigenvalue weighted by Crippen LogP contribution is -2.17. The lowest BCUT2D eigenvalue weighted by atomic mass is 9.96. The van der Waals surface area contributed by atoms with Crippen molar-refractivity contribution in [2.24, 2.45) is 0 Å². The number of nitrogen functional groups attached to an aromatic ring is 1. The van der Waals surface area contributed by atoms with E-state index in [1.807, 2.05) is 0 Å². The zero-order valence-electron chi connectivity index (χ0n) is 8.16. The zero-order valence-corrected chi connectivity index (χ0v) is 8.16. The van der Waals surface area contributed by atoms with E-state index in [0.29, 0.717) is 17.0 Å². The highest BCUT2D eigenvalue weighted by Crippen LogP contribution is 2.28. The molecule has 13 heavy (non-hydrogen) atoms. The maximum atomic E-state index is 9.71. The van der Waals surface area contributed by atoms with Crippen LogP contribution in [0.1, 0.15) is 19.4 Å². The third-order valence-corrected chi connectivity index (χ3v) is 1.92. The number of rotatable bonds is 2. The SMILES string of the molecule is COc1ccc(C(C)(C)O)c(N)c1. The summed E-state index contributed by atoms with van der Waals surface area (Å²) >= 11 is 0. The van der Waals surface area contributed by atoms with Crippen LogP contribution in [0.25, 0.3) is 0 Å². The number of ether oxygens (including phenoxy) is 1. The van der Waals surface area contributed by atoms with Gasteiger partial charge in [0.15, 0.2) is 0 Å². The second-order valence-corrected chi connectivity index (χ2v) is 3.51. The van der Waals surface area contributed by atoms with E-state index in [2.05, 4.69) is 0 Å². The maximum absolute atomic E-state index is 9.71. The van der Waals surface area contributed by atoms with Crippen LogP contribution in [-0.4, -0.2) is 12.2 Å². The summed E-state index contributed by atoms with van der Waals surface area (Å²) in [5.74, 6) is 0.700. The molecule has 0 atom stereocenters. The molecule has 0 heterocycles. The van der Waals surface area contributed by atoms with Gasteiger partial charge in [0.25, 0.3) is 0 Å². The Morgan fingerprint density at radius 1 is 1.38 bits per heavy atom. The monoisotopic (exact) mass is 181 g/mol. The molecule has 72 valence electrons. The van der Waals surface area contributed by atoms with Gasteiger partial charge in [0.1, 0.15) is 5.75 Å². The van der Waals surface area contributed by atoms with E-state index < -0.39 is 5.60 Å². The molecular formula is C10H15NO2. The lowest BCUT2D eigenvalue weighted by molar-refractivity contribution is 0.0793. The van der Waals surface area contributed by atoms with Gasteiger partial charge in [-0.3, -0.25) is 0 Å². The summed E-state index contributed by atoms with van der Waals surface area (Å²) < 4.78 is 5.00. The van der Waals surface area contributed by atoms with E-state index in [1.165, 1.54) is 0 Å². The van der Waals surface area contributed by atoms with Crippen LogP contribution in [0.3, 0.4) is 0 Å². The number of hydrogen-bond acceptors (Lipinski definition) is 3. The molecule has 0 unspecified atom stereocenters. The standard InChI is InChI=1S/C10H15NO2/c1-10(2,12)8-5-4-7(13-3)6-9(8)11/h4-6,12H,11H2,1-3H3. The molecule has 1 aromatic carbocycles. The van der Waals surface area contributed by atoms with Gasteiger partial charge in [-0.1, -0.05) is 6.07 Å². The summed E-state index contributed by atoms with van der Waals surface area (Å²) in [7, 11) is 1.58. The molecule has 0 aliphatic rings. The summed E-state index contributed by atoms with van der Waals surface area (Å²) in [6.07, 6.45) is 0. The molecule has 0 aromatic heterocycles. The average Bonchev–Trinajstić information content (AvgIpc) is 2.01. The first-order valence-electron chi connectivity index (χ1n) is 4.11. The Morgan fingerprint density at radius 2 is 2.00 bits per heavy atom. The average molecular weight is 181 g/mol. The normalized spacial score (nSPS) is 11.4. The molecular weight excluding hydrogens is 166 g/mol. The summed E-state index contributed by atoms with van der Waals surface area (Å²) in [5.41, 5.74) is 6.10. The largest absolute Gasteiger partial charge is 0.497 e. The van der Waals surface area contributed by atoms with Gasteiger partial charge >= 0.3 is 0 Å². The van der Waals surface area contributed by atoms with Crippen molar-refractivity contribution in [3.8, 4) is 5.75 Å². The second-order valence-electron chi connectivity index (χ2n) is 3.51. The predicted octanol–water partition coefficient (Wildman–Crippen LogP) is 1.50. The van der Waals surface area contributed by atoms with Crippen LogP contribution in [0.4, 0.5) is 5.69 Å². The zero-order chi connectivity index (χ0) is 10.1. The van der Waals surface area contributed by atoms with Crippen molar-refractivity contribution in [3.05, 3.63) is 23.8 Å². The Hall–Kier alpha value is -1.22. The van der Waals surface area contributed by atoms with E-state index in [0.717, 1.165) is 0 Å². The summed E-state index contributed by atoms with van der Waals surface area (Å²) in [4.78, 5) is 0. The van der Waals surface area contributed by atoms with Crippen LogP contribution < -0.4 is 10.5 Å². The number of methoxy groups -OCH3 is 1. The first-order valence-corrected chi connectivity index (χ1v) is 4.11. The first-order chi connectivity index (χ1) is 5.95. The van der Waals surface area contributed by atoms with Gasteiger partial charge < -0.3 is 15.6 Å². The van der Waals surface area contributed by atoms with Crippen molar-refractivity contribution >= 4 is 5.69 Å². The van der Waals surface area contributed by atoms with E-state index in [-0.39, 0.29) is 0 Å². The minimum Gasteiger partial charge on any atom is -0.497 e. The highest BCUT2D eigenvalue weighted by molar-refractivity contribution is 5.53. The molecule has 0 bridgehead atoms. The second kappa shape index (κ2) is 3.26. The highest BCUT2D eigenvalue weighted by atomic mass is 16.5. The Kier molecular flexibility index (Phi) is 2.48. The molecule has 3 N–H and O–H groups in total. The van der Waals surface area contributed by atoms with Gasteiger partial charge in [-0.05, 0) is 19.9 Å². The molecule has 0 aliphatic heterocycles. The molecule has 0 saturated carbocycles. The molecule has 0 aliphatic carbocycles. The van der Waals surface area contributed by atoms with Gasteiger partial charge in [0, 0.05) is 17.3 Å². The molecule has 1 aromatic rings. The molecule has 0 radical (unpaired) electrons. The summed E-state index contributed by atoms with van der Waals surface area (Å²) in [6.45, 7) is 3.40. The Bertz CT molecular complexity index is 302. The molecule has 0 fully saturated rings. The van der Waals surface area contributed by atoms with E-state index in [1.54, 1.807) is 39.2 Å². The summed E-state index contributed by atoms with van der Waals surface area (Å²) in [5, 5.41) is 9.71. The number of nitrogens with two attached hydrogens (primary N) is 1. The van der Waals surface area contributed by atoms with Gasteiger partial charge in [-0.15, -0.1) is 0 Å². The molecule has 0 spiro atoms. The first kappa shape index (κ1) is 9.86. The lowest BCUT2D eigenvalue weighted by Gasteiger charge is -2.20. The van der Waals surface area contributed by atoms with Crippen LogP contribution in [-0.2, 0) is 5.60 Å². The van der Waals surface area contributed by atoms with Crippen LogP contribution in [0.5, 0.6) is 5.75 Å². The molecule has 3 nitrogen and oxygen atoms in total. The molecule has 1 rings (SSSR count). The number of anilines is 1. The van der Waals surface area contributed by atoms with Gasteiger partial charge in [0.2, 0.25) is 0 Å². The third-order valence-electron chi connectivity index (χ3n) is 1.92. The Morgan fingerprint density at radius 3 is 2.38 bits per heavy atom. The fraction of sp³-hybridized carbons (Fsp3) is 0.400. The topological polar surface area (TPSA) is 55.5 Å². The minimum absolute atomic E-state index is 0.548. The van der Waals surface area contributed by atoms with E-state index in [9.17, 15) is 5.11 Å². The van der Waals surface area contributed by atoms with E-state index >= 15 is 0 Å².